The van der Waals surface area contributed by atoms with Crippen LogP contribution >= 0.6 is 27.7 Å². The van der Waals surface area contributed by atoms with Gasteiger partial charge in [0.1, 0.15) is 0 Å². The van der Waals surface area contributed by atoms with Gasteiger partial charge in [0.05, 0.1) is 6.20 Å². The molecule has 1 atom stereocenters. The lowest BCUT2D eigenvalue weighted by molar-refractivity contribution is 0.539. The van der Waals surface area contributed by atoms with E-state index in [1.807, 2.05) is 41.8 Å². The average molecular weight is 355 g/mol. The number of rotatable bonds is 7. The third-order valence-corrected chi connectivity index (χ3v) is 4.67. The summed E-state index contributed by atoms with van der Waals surface area (Å²) in [5.74, 6) is 6.59. The van der Waals surface area contributed by atoms with Crippen LogP contribution in [0, 0.1) is 0 Å². The van der Waals surface area contributed by atoms with Crippen LogP contribution in [0.5, 0.6) is 0 Å². The Morgan fingerprint density at radius 2 is 2.35 bits per heavy atom. The molecule has 6 heteroatoms. The monoisotopic (exact) mass is 354 g/mol. The summed E-state index contributed by atoms with van der Waals surface area (Å²) in [6, 6.07) is 8.61. The Bertz CT molecular complexity index is 543. The predicted octanol–water partition coefficient (Wildman–Crippen LogP) is 2.74. The maximum atomic E-state index is 5.64. The molecule has 0 spiro atoms. The van der Waals surface area contributed by atoms with Crippen molar-refractivity contribution in [1.29, 1.82) is 0 Å². The topological polar surface area (TPSA) is 55.9 Å². The number of nitrogens with zero attached hydrogens (tertiary/aromatic N) is 2. The van der Waals surface area contributed by atoms with Crippen LogP contribution in [0.2, 0.25) is 0 Å². The Morgan fingerprint density at radius 1 is 1.50 bits per heavy atom. The molecule has 1 aromatic carbocycles. The minimum Gasteiger partial charge on any atom is -0.276 e. The second-order valence-electron chi connectivity index (χ2n) is 4.69. The average Bonchev–Trinajstić information content (AvgIpc) is 2.85. The highest BCUT2D eigenvalue weighted by atomic mass is 79.9. The first-order valence-corrected chi connectivity index (χ1v) is 8.27. The van der Waals surface area contributed by atoms with Crippen molar-refractivity contribution in [2.45, 2.75) is 23.8 Å². The molecule has 1 unspecified atom stereocenters. The summed E-state index contributed by atoms with van der Waals surface area (Å²) >= 11 is 5.30. The molecule has 20 heavy (non-hydrogen) atoms. The summed E-state index contributed by atoms with van der Waals surface area (Å²) in [6.45, 7) is 0. The molecule has 2 rings (SSSR count). The number of nitrogens with two attached hydrogens (primary N) is 1. The van der Waals surface area contributed by atoms with Gasteiger partial charge in [0.15, 0.2) is 0 Å². The Morgan fingerprint density at radius 3 is 3.00 bits per heavy atom. The number of nitrogens with one attached hydrogen (secondary N) is 1. The molecule has 0 aliphatic heterocycles. The van der Waals surface area contributed by atoms with E-state index in [0.29, 0.717) is 6.04 Å². The number of aromatic nitrogens is 2. The van der Waals surface area contributed by atoms with E-state index in [4.69, 9.17) is 5.84 Å². The molecule has 0 aliphatic carbocycles. The van der Waals surface area contributed by atoms with Crippen molar-refractivity contribution >= 4 is 27.7 Å². The second-order valence-corrected chi connectivity index (χ2v) is 6.70. The van der Waals surface area contributed by atoms with Gasteiger partial charge in [-0.05, 0) is 36.6 Å². The van der Waals surface area contributed by atoms with Gasteiger partial charge in [-0.2, -0.15) is 5.10 Å². The largest absolute Gasteiger partial charge is 0.276 e. The van der Waals surface area contributed by atoms with Crippen molar-refractivity contribution in [1.82, 2.24) is 15.2 Å². The standard InChI is InChI=1S/C14H19BrN4S/c1-19-9-11(8-17-19)5-6-13(18-16)10-20-14-4-2-3-12(15)7-14/h2-4,7-9,13,18H,5-6,10,16H2,1H3. The minimum atomic E-state index is 0.291. The first kappa shape index (κ1) is 15.6. The molecule has 1 aromatic heterocycles. The van der Waals surface area contributed by atoms with Crippen molar-refractivity contribution in [3.05, 3.63) is 46.7 Å². The van der Waals surface area contributed by atoms with Crippen molar-refractivity contribution in [3.8, 4) is 0 Å². The molecule has 0 aliphatic rings. The lowest BCUT2D eigenvalue weighted by atomic mass is 10.1. The highest BCUT2D eigenvalue weighted by Crippen LogP contribution is 2.23. The van der Waals surface area contributed by atoms with E-state index in [9.17, 15) is 0 Å². The zero-order valence-corrected chi connectivity index (χ0v) is 13.8. The highest BCUT2D eigenvalue weighted by Gasteiger charge is 2.08. The second kappa shape index (κ2) is 7.83. The SMILES string of the molecule is Cn1cc(CCC(CSc2cccc(Br)c2)NN)cn1. The number of benzene rings is 1. The fourth-order valence-electron chi connectivity index (χ4n) is 1.91. The smallest absolute Gasteiger partial charge is 0.0521 e. The maximum Gasteiger partial charge on any atom is 0.0521 e. The summed E-state index contributed by atoms with van der Waals surface area (Å²) in [5.41, 5.74) is 4.15. The molecular weight excluding hydrogens is 336 g/mol. The molecule has 2 aromatic rings. The number of halogens is 1. The number of hydrazine groups is 1. The Balaban J connectivity index is 1.80. The summed E-state index contributed by atoms with van der Waals surface area (Å²) in [4.78, 5) is 1.25. The molecule has 1 heterocycles. The number of hydrogen-bond acceptors (Lipinski definition) is 4. The lowest BCUT2D eigenvalue weighted by Crippen LogP contribution is -2.37. The van der Waals surface area contributed by atoms with Crippen molar-refractivity contribution in [3.63, 3.8) is 0 Å². The summed E-state index contributed by atoms with van der Waals surface area (Å²) in [7, 11) is 1.94. The lowest BCUT2D eigenvalue weighted by Gasteiger charge is -2.15. The Hall–Kier alpha value is -0.820. The van der Waals surface area contributed by atoms with Crippen LogP contribution in [0.1, 0.15) is 12.0 Å². The van der Waals surface area contributed by atoms with Gasteiger partial charge in [-0.15, -0.1) is 11.8 Å². The van der Waals surface area contributed by atoms with Crippen molar-refractivity contribution in [2.75, 3.05) is 5.75 Å². The number of thioether (sulfide) groups is 1. The molecule has 0 bridgehead atoms. The van der Waals surface area contributed by atoms with Crippen molar-refractivity contribution < 1.29 is 0 Å². The molecule has 0 saturated heterocycles. The van der Waals surface area contributed by atoms with Gasteiger partial charge in [0, 0.05) is 34.4 Å². The third kappa shape index (κ3) is 4.94. The zero-order valence-electron chi connectivity index (χ0n) is 11.4. The van der Waals surface area contributed by atoms with E-state index < -0.39 is 0 Å². The van der Waals surface area contributed by atoms with Gasteiger partial charge in [-0.3, -0.25) is 16.0 Å². The first-order valence-electron chi connectivity index (χ1n) is 6.49. The van der Waals surface area contributed by atoms with E-state index in [1.54, 1.807) is 0 Å². The van der Waals surface area contributed by atoms with Gasteiger partial charge in [0.2, 0.25) is 0 Å². The van der Waals surface area contributed by atoms with Crippen LogP contribution in [-0.4, -0.2) is 21.6 Å². The van der Waals surface area contributed by atoms with Gasteiger partial charge >= 0.3 is 0 Å². The fourth-order valence-corrected chi connectivity index (χ4v) is 3.50. The molecule has 0 amide bonds. The molecule has 0 radical (unpaired) electrons. The number of aryl methyl sites for hydroxylation is 2. The van der Waals surface area contributed by atoms with Crippen LogP contribution < -0.4 is 11.3 Å². The van der Waals surface area contributed by atoms with Crippen LogP contribution in [0.3, 0.4) is 0 Å². The van der Waals surface area contributed by atoms with Crippen LogP contribution in [0.25, 0.3) is 0 Å². The van der Waals surface area contributed by atoms with Gasteiger partial charge in [-0.1, -0.05) is 22.0 Å². The Labute approximate surface area is 132 Å². The van der Waals surface area contributed by atoms with E-state index >= 15 is 0 Å². The van der Waals surface area contributed by atoms with E-state index in [0.717, 1.165) is 23.1 Å². The molecular formula is C14H19BrN4S. The van der Waals surface area contributed by atoms with E-state index in [1.165, 1.54) is 10.5 Å². The third-order valence-electron chi connectivity index (χ3n) is 3.02. The normalized spacial score (nSPS) is 12.6. The molecule has 0 fully saturated rings. The van der Waals surface area contributed by atoms with Crippen molar-refractivity contribution in [2.24, 2.45) is 12.9 Å². The molecule has 108 valence electrons. The minimum absolute atomic E-state index is 0.291. The maximum absolute atomic E-state index is 5.64. The fraction of sp³-hybridized carbons (Fsp3) is 0.357. The summed E-state index contributed by atoms with van der Waals surface area (Å²) in [6.07, 6.45) is 5.95. The summed E-state index contributed by atoms with van der Waals surface area (Å²) in [5, 5.41) is 4.18. The quantitative estimate of drug-likeness (QED) is 0.456. The Kier molecular flexibility index (Phi) is 6.09. The molecule has 3 N–H and O–H groups in total. The van der Waals surface area contributed by atoms with Gasteiger partial charge in [-0.25, -0.2) is 0 Å². The summed E-state index contributed by atoms with van der Waals surface area (Å²) < 4.78 is 2.94. The zero-order chi connectivity index (χ0) is 14.4. The van der Waals surface area contributed by atoms with Crippen LogP contribution in [0.4, 0.5) is 0 Å². The van der Waals surface area contributed by atoms with Crippen LogP contribution in [-0.2, 0) is 13.5 Å². The molecule has 0 saturated carbocycles. The number of hydrogen-bond donors (Lipinski definition) is 2. The predicted molar refractivity (Wildman–Crippen MR) is 87.5 cm³/mol. The van der Waals surface area contributed by atoms with Gasteiger partial charge < -0.3 is 0 Å². The van der Waals surface area contributed by atoms with E-state index in [-0.39, 0.29) is 0 Å². The first-order chi connectivity index (χ1) is 9.67. The van der Waals surface area contributed by atoms with Crippen LogP contribution in [0.15, 0.2) is 46.0 Å². The molecule has 4 nitrogen and oxygen atoms in total. The van der Waals surface area contributed by atoms with E-state index in [2.05, 4.69) is 44.8 Å². The van der Waals surface area contributed by atoms with Gasteiger partial charge in [0.25, 0.3) is 0 Å². The highest BCUT2D eigenvalue weighted by molar-refractivity contribution is 9.10.